The van der Waals surface area contributed by atoms with Gasteiger partial charge in [-0.05, 0) is 57.0 Å². The molecule has 0 aromatic heterocycles. The predicted octanol–water partition coefficient (Wildman–Crippen LogP) is 3.88. The molecule has 0 heterocycles. The fourth-order valence-electron chi connectivity index (χ4n) is 2.89. The average molecular weight is 339 g/mol. The van der Waals surface area contributed by atoms with Crippen molar-refractivity contribution in [1.82, 2.24) is 5.32 Å². The number of anilines is 2. The standard InChI is InChI=1S/C21H29N3O/c1-5-24(6-2)19-10-11-20(17(4)13-19)22-15-21(25)23-14-18-9-7-8-16(3)12-18/h7-13,22H,5-6,14-15H2,1-4H3,(H,23,25). The van der Waals surface area contributed by atoms with Gasteiger partial charge in [0, 0.05) is 31.0 Å². The van der Waals surface area contributed by atoms with E-state index in [9.17, 15) is 4.79 Å². The molecule has 1 amide bonds. The lowest BCUT2D eigenvalue weighted by molar-refractivity contribution is -0.119. The molecule has 0 bridgehead atoms. The normalized spacial score (nSPS) is 10.4. The van der Waals surface area contributed by atoms with Crippen molar-refractivity contribution in [3.05, 3.63) is 59.2 Å². The molecule has 0 unspecified atom stereocenters. The van der Waals surface area contributed by atoms with E-state index in [0.717, 1.165) is 29.9 Å². The minimum Gasteiger partial charge on any atom is -0.376 e. The minimum absolute atomic E-state index is 0.00581. The number of amides is 1. The van der Waals surface area contributed by atoms with Crippen LogP contribution in [0.3, 0.4) is 0 Å². The second-order valence-electron chi connectivity index (χ2n) is 6.29. The number of carbonyl (C=O) groups is 1. The Bertz CT molecular complexity index is 708. The summed E-state index contributed by atoms with van der Waals surface area (Å²) < 4.78 is 0. The van der Waals surface area contributed by atoms with Gasteiger partial charge in [0.05, 0.1) is 6.54 Å². The Balaban J connectivity index is 1.87. The van der Waals surface area contributed by atoms with Gasteiger partial charge in [0.1, 0.15) is 0 Å². The van der Waals surface area contributed by atoms with Crippen molar-refractivity contribution < 1.29 is 4.79 Å². The highest BCUT2D eigenvalue weighted by Crippen LogP contribution is 2.22. The molecular formula is C21H29N3O. The van der Waals surface area contributed by atoms with Gasteiger partial charge in [-0.15, -0.1) is 0 Å². The van der Waals surface area contributed by atoms with Crippen molar-refractivity contribution in [1.29, 1.82) is 0 Å². The molecule has 2 aromatic carbocycles. The lowest BCUT2D eigenvalue weighted by atomic mass is 10.1. The molecule has 0 fully saturated rings. The van der Waals surface area contributed by atoms with Crippen LogP contribution in [0, 0.1) is 13.8 Å². The molecule has 0 spiro atoms. The zero-order chi connectivity index (χ0) is 18.2. The van der Waals surface area contributed by atoms with Crippen LogP contribution in [0.25, 0.3) is 0 Å². The number of rotatable bonds is 8. The molecule has 2 rings (SSSR count). The maximum atomic E-state index is 12.1. The van der Waals surface area contributed by atoms with Gasteiger partial charge in [-0.2, -0.15) is 0 Å². The van der Waals surface area contributed by atoms with Gasteiger partial charge in [-0.25, -0.2) is 0 Å². The Hall–Kier alpha value is -2.49. The lowest BCUT2D eigenvalue weighted by Crippen LogP contribution is -2.29. The fourth-order valence-corrected chi connectivity index (χ4v) is 2.89. The molecule has 4 heteroatoms. The molecule has 25 heavy (non-hydrogen) atoms. The third-order valence-corrected chi connectivity index (χ3v) is 4.35. The van der Waals surface area contributed by atoms with Gasteiger partial charge < -0.3 is 15.5 Å². The molecule has 0 atom stereocenters. The van der Waals surface area contributed by atoms with Crippen LogP contribution in [0.4, 0.5) is 11.4 Å². The van der Waals surface area contributed by atoms with Crippen LogP contribution in [-0.2, 0) is 11.3 Å². The van der Waals surface area contributed by atoms with E-state index in [-0.39, 0.29) is 12.5 Å². The maximum Gasteiger partial charge on any atom is 0.239 e. The molecule has 2 N–H and O–H groups in total. The first-order valence-electron chi connectivity index (χ1n) is 8.95. The SMILES string of the molecule is CCN(CC)c1ccc(NCC(=O)NCc2cccc(C)c2)c(C)c1. The van der Waals surface area contributed by atoms with Crippen molar-refractivity contribution in [3.63, 3.8) is 0 Å². The monoisotopic (exact) mass is 339 g/mol. The summed E-state index contributed by atoms with van der Waals surface area (Å²) in [6.07, 6.45) is 0. The van der Waals surface area contributed by atoms with Gasteiger partial charge in [0.15, 0.2) is 0 Å². The summed E-state index contributed by atoms with van der Waals surface area (Å²) in [5, 5.41) is 6.19. The quantitative estimate of drug-likeness (QED) is 0.767. The molecular weight excluding hydrogens is 310 g/mol. The third-order valence-electron chi connectivity index (χ3n) is 4.35. The van der Waals surface area contributed by atoms with Crippen LogP contribution in [-0.4, -0.2) is 25.5 Å². The van der Waals surface area contributed by atoms with Crippen molar-refractivity contribution >= 4 is 17.3 Å². The maximum absolute atomic E-state index is 12.1. The van der Waals surface area contributed by atoms with Crippen molar-refractivity contribution in [2.45, 2.75) is 34.2 Å². The second kappa shape index (κ2) is 9.11. The van der Waals surface area contributed by atoms with E-state index in [1.54, 1.807) is 0 Å². The highest BCUT2D eigenvalue weighted by atomic mass is 16.1. The molecule has 0 aliphatic carbocycles. The Morgan fingerprint density at radius 2 is 1.80 bits per heavy atom. The van der Waals surface area contributed by atoms with Gasteiger partial charge in [-0.1, -0.05) is 29.8 Å². The molecule has 134 valence electrons. The highest BCUT2D eigenvalue weighted by Gasteiger charge is 2.06. The number of nitrogens with one attached hydrogen (secondary N) is 2. The summed E-state index contributed by atoms with van der Waals surface area (Å²) in [7, 11) is 0. The summed E-state index contributed by atoms with van der Waals surface area (Å²) in [4.78, 5) is 14.4. The van der Waals surface area contributed by atoms with Crippen LogP contribution in [0.5, 0.6) is 0 Å². The average Bonchev–Trinajstić information content (AvgIpc) is 2.60. The summed E-state index contributed by atoms with van der Waals surface area (Å²) >= 11 is 0. The molecule has 0 saturated heterocycles. The summed E-state index contributed by atoms with van der Waals surface area (Å²) in [6, 6.07) is 14.5. The van der Waals surface area contributed by atoms with E-state index in [2.05, 4.69) is 73.6 Å². The Labute approximate surface area is 151 Å². The topological polar surface area (TPSA) is 44.4 Å². The number of hydrogen-bond donors (Lipinski definition) is 2. The van der Waals surface area contributed by atoms with Crippen LogP contribution >= 0.6 is 0 Å². The number of hydrogen-bond acceptors (Lipinski definition) is 3. The van der Waals surface area contributed by atoms with E-state index < -0.39 is 0 Å². The van der Waals surface area contributed by atoms with E-state index >= 15 is 0 Å². The van der Waals surface area contributed by atoms with Crippen LogP contribution in [0.1, 0.15) is 30.5 Å². The Kier molecular flexibility index (Phi) is 6.87. The number of aryl methyl sites for hydroxylation is 2. The lowest BCUT2D eigenvalue weighted by Gasteiger charge is -2.22. The van der Waals surface area contributed by atoms with Crippen LogP contribution < -0.4 is 15.5 Å². The van der Waals surface area contributed by atoms with Crippen LogP contribution in [0.15, 0.2) is 42.5 Å². The first kappa shape index (κ1) is 18.8. The summed E-state index contributed by atoms with van der Waals surface area (Å²) in [5.41, 5.74) is 5.69. The highest BCUT2D eigenvalue weighted by molar-refractivity contribution is 5.81. The number of carbonyl (C=O) groups excluding carboxylic acids is 1. The zero-order valence-electron chi connectivity index (χ0n) is 15.7. The van der Waals surface area contributed by atoms with E-state index in [1.807, 2.05) is 12.1 Å². The molecule has 4 nitrogen and oxygen atoms in total. The molecule has 0 aliphatic rings. The molecule has 0 aliphatic heterocycles. The molecule has 0 radical (unpaired) electrons. The Morgan fingerprint density at radius 3 is 2.44 bits per heavy atom. The number of nitrogens with zero attached hydrogens (tertiary/aromatic N) is 1. The largest absolute Gasteiger partial charge is 0.376 e. The minimum atomic E-state index is -0.00581. The van der Waals surface area contributed by atoms with E-state index in [0.29, 0.717) is 6.54 Å². The van der Waals surface area contributed by atoms with Crippen molar-refractivity contribution in [3.8, 4) is 0 Å². The van der Waals surface area contributed by atoms with Crippen LogP contribution in [0.2, 0.25) is 0 Å². The van der Waals surface area contributed by atoms with Gasteiger partial charge in [-0.3, -0.25) is 4.79 Å². The smallest absolute Gasteiger partial charge is 0.239 e. The molecule has 2 aromatic rings. The number of benzene rings is 2. The Morgan fingerprint density at radius 1 is 1.04 bits per heavy atom. The third kappa shape index (κ3) is 5.52. The van der Waals surface area contributed by atoms with Gasteiger partial charge in [0.2, 0.25) is 5.91 Å². The summed E-state index contributed by atoms with van der Waals surface area (Å²) in [5.74, 6) is -0.00581. The van der Waals surface area contributed by atoms with Crippen molar-refractivity contribution in [2.75, 3.05) is 29.9 Å². The fraction of sp³-hybridized carbons (Fsp3) is 0.381. The van der Waals surface area contributed by atoms with Crippen molar-refractivity contribution in [2.24, 2.45) is 0 Å². The summed E-state index contributed by atoms with van der Waals surface area (Å²) in [6.45, 7) is 11.2. The van der Waals surface area contributed by atoms with E-state index in [1.165, 1.54) is 11.3 Å². The van der Waals surface area contributed by atoms with E-state index in [4.69, 9.17) is 0 Å². The first-order valence-corrected chi connectivity index (χ1v) is 8.95. The molecule has 0 saturated carbocycles. The predicted molar refractivity (Wildman–Crippen MR) is 106 cm³/mol. The first-order chi connectivity index (χ1) is 12.0. The second-order valence-corrected chi connectivity index (χ2v) is 6.29. The van der Waals surface area contributed by atoms with Gasteiger partial charge in [0.25, 0.3) is 0 Å². The van der Waals surface area contributed by atoms with Gasteiger partial charge >= 0.3 is 0 Å². The zero-order valence-corrected chi connectivity index (χ0v) is 15.7.